The molecule has 1 aliphatic heterocycles. The first-order chi connectivity index (χ1) is 10.3. The predicted molar refractivity (Wildman–Crippen MR) is 83.4 cm³/mol. The number of aryl methyl sites for hydroxylation is 2. The first-order valence-electron chi connectivity index (χ1n) is 7.53. The number of pyridine rings is 1. The largest absolute Gasteiger partial charge is 0.330 e. The van der Waals surface area contributed by atoms with Gasteiger partial charge in [0, 0.05) is 19.2 Å². The number of fused-ring (bicyclic) bond motifs is 1. The molecule has 0 aliphatic carbocycles. The van der Waals surface area contributed by atoms with E-state index in [4.69, 9.17) is 5.73 Å². The fraction of sp³-hybridized carbons (Fsp3) is 0.533. The second-order valence-corrected chi connectivity index (χ2v) is 6.42. The molecular weight excluding hydrogens is 282 g/mol. The zero-order valence-electron chi connectivity index (χ0n) is 12.4. The number of hydrogen-bond acceptors (Lipinski definition) is 5. The number of nitrogens with two attached hydrogens (primary N) is 1. The van der Waals surface area contributed by atoms with Gasteiger partial charge >= 0.3 is 0 Å². The molecular formula is C15H21N5S. The van der Waals surface area contributed by atoms with Crippen molar-refractivity contribution in [2.75, 3.05) is 6.54 Å². The highest BCUT2D eigenvalue weighted by atomic mass is 32.2. The third-order valence-electron chi connectivity index (χ3n) is 3.78. The van der Waals surface area contributed by atoms with Gasteiger partial charge in [0.25, 0.3) is 0 Å². The fourth-order valence-electron chi connectivity index (χ4n) is 2.65. The zero-order chi connectivity index (χ0) is 14.7. The highest BCUT2D eigenvalue weighted by Gasteiger charge is 2.16. The Kier molecular flexibility index (Phi) is 4.55. The van der Waals surface area contributed by atoms with Gasteiger partial charge in [-0.3, -0.25) is 0 Å². The highest BCUT2D eigenvalue weighted by molar-refractivity contribution is 7.99. The van der Waals surface area contributed by atoms with E-state index < -0.39 is 0 Å². The summed E-state index contributed by atoms with van der Waals surface area (Å²) in [7, 11) is 0. The molecule has 0 fully saturated rings. The van der Waals surface area contributed by atoms with Gasteiger partial charge in [-0.15, -0.1) is 10.2 Å². The lowest BCUT2D eigenvalue weighted by Gasteiger charge is -2.08. The van der Waals surface area contributed by atoms with Gasteiger partial charge < -0.3 is 10.3 Å². The lowest BCUT2D eigenvalue weighted by molar-refractivity contribution is 0.590. The van der Waals surface area contributed by atoms with Crippen molar-refractivity contribution in [3.63, 3.8) is 0 Å². The van der Waals surface area contributed by atoms with Crippen LogP contribution < -0.4 is 5.73 Å². The Morgan fingerprint density at radius 2 is 2.19 bits per heavy atom. The van der Waals surface area contributed by atoms with Gasteiger partial charge in [-0.05, 0) is 55.6 Å². The van der Waals surface area contributed by atoms with Crippen LogP contribution >= 0.6 is 11.8 Å². The van der Waals surface area contributed by atoms with Crippen LogP contribution in [0.4, 0.5) is 0 Å². The summed E-state index contributed by atoms with van der Waals surface area (Å²) in [5.74, 6) is 1.12. The minimum absolute atomic E-state index is 0.658. The van der Waals surface area contributed by atoms with Crippen molar-refractivity contribution in [2.24, 2.45) is 5.73 Å². The van der Waals surface area contributed by atoms with Crippen LogP contribution in [0.15, 0.2) is 22.4 Å². The maximum Gasteiger partial charge on any atom is 0.197 e. The fourth-order valence-corrected chi connectivity index (χ4v) is 3.54. The van der Waals surface area contributed by atoms with Gasteiger partial charge in [0.2, 0.25) is 0 Å². The topological polar surface area (TPSA) is 69.6 Å². The molecule has 2 aromatic rings. The zero-order valence-corrected chi connectivity index (χ0v) is 13.2. The third kappa shape index (κ3) is 3.27. The van der Waals surface area contributed by atoms with Gasteiger partial charge in [-0.25, -0.2) is 4.98 Å². The average molecular weight is 303 g/mol. The molecule has 6 heteroatoms. The van der Waals surface area contributed by atoms with E-state index >= 15 is 0 Å². The molecule has 0 bridgehead atoms. The minimum Gasteiger partial charge on any atom is -0.330 e. The molecule has 3 rings (SSSR count). The smallest absolute Gasteiger partial charge is 0.197 e. The highest BCUT2D eigenvalue weighted by Crippen LogP contribution is 2.29. The SMILES string of the molecule is Cc1cc(CCN)cnc1Sc1nnc2n1CCCCC2. The van der Waals surface area contributed by atoms with E-state index in [1.807, 2.05) is 6.20 Å². The molecule has 5 nitrogen and oxygen atoms in total. The van der Waals surface area contributed by atoms with E-state index in [1.165, 1.54) is 30.4 Å². The van der Waals surface area contributed by atoms with Crippen LogP contribution in [-0.4, -0.2) is 26.3 Å². The maximum absolute atomic E-state index is 5.59. The lowest BCUT2D eigenvalue weighted by Crippen LogP contribution is -2.04. The molecule has 0 saturated heterocycles. The summed E-state index contributed by atoms with van der Waals surface area (Å²) in [6.07, 6.45) is 7.53. The van der Waals surface area contributed by atoms with Crippen LogP contribution in [-0.2, 0) is 19.4 Å². The molecule has 0 amide bonds. The normalized spacial score (nSPS) is 14.8. The summed E-state index contributed by atoms with van der Waals surface area (Å²) in [6.45, 7) is 3.77. The standard InChI is InChI=1S/C15H21N5S/c1-11-9-12(6-7-16)10-17-14(11)21-15-19-18-13-5-3-2-4-8-20(13)15/h9-10H,2-8,16H2,1H3. The molecule has 2 aromatic heterocycles. The molecule has 0 unspecified atom stereocenters. The predicted octanol–water partition coefficient (Wildman–Crippen LogP) is 2.36. The maximum atomic E-state index is 5.59. The Bertz CT molecular complexity index is 623. The van der Waals surface area contributed by atoms with Crippen LogP contribution in [0, 0.1) is 6.92 Å². The summed E-state index contributed by atoms with van der Waals surface area (Å²) >= 11 is 1.62. The lowest BCUT2D eigenvalue weighted by atomic mass is 10.2. The number of aromatic nitrogens is 4. The summed E-state index contributed by atoms with van der Waals surface area (Å²) in [6, 6.07) is 2.17. The number of nitrogens with zero attached hydrogens (tertiary/aromatic N) is 4. The number of rotatable bonds is 4. The summed E-state index contributed by atoms with van der Waals surface area (Å²) in [4.78, 5) is 4.57. The van der Waals surface area contributed by atoms with Gasteiger partial charge in [0.15, 0.2) is 5.16 Å². The second kappa shape index (κ2) is 6.58. The van der Waals surface area contributed by atoms with Crippen molar-refractivity contribution in [1.29, 1.82) is 0 Å². The van der Waals surface area contributed by atoms with Crippen molar-refractivity contribution in [2.45, 2.75) is 55.8 Å². The van der Waals surface area contributed by atoms with Crippen LogP contribution in [0.1, 0.15) is 36.2 Å². The number of hydrogen-bond donors (Lipinski definition) is 1. The van der Waals surface area contributed by atoms with Crippen LogP contribution in [0.25, 0.3) is 0 Å². The first kappa shape index (κ1) is 14.5. The van der Waals surface area contributed by atoms with E-state index in [-0.39, 0.29) is 0 Å². The third-order valence-corrected chi connectivity index (χ3v) is 4.89. The van der Waals surface area contributed by atoms with Crippen LogP contribution in [0.2, 0.25) is 0 Å². The first-order valence-corrected chi connectivity index (χ1v) is 8.35. The van der Waals surface area contributed by atoms with Crippen molar-refractivity contribution in [3.8, 4) is 0 Å². The molecule has 0 radical (unpaired) electrons. The Morgan fingerprint density at radius 1 is 1.29 bits per heavy atom. The minimum atomic E-state index is 0.658. The molecule has 0 spiro atoms. The van der Waals surface area contributed by atoms with Crippen molar-refractivity contribution in [1.82, 2.24) is 19.7 Å². The van der Waals surface area contributed by atoms with Crippen molar-refractivity contribution < 1.29 is 0 Å². The molecule has 0 saturated carbocycles. The van der Waals surface area contributed by atoms with Gasteiger partial charge in [0.1, 0.15) is 10.9 Å². The second-order valence-electron chi connectivity index (χ2n) is 5.47. The van der Waals surface area contributed by atoms with E-state index in [2.05, 4.69) is 32.7 Å². The Labute approximate surface area is 129 Å². The molecule has 0 atom stereocenters. The van der Waals surface area contributed by atoms with E-state index in [0.717, 1.165) is 35.4 Å². The van der Waals surface area contributed by atoms with Gasteiger partial charge in [0.05, 0.1) is 0 Å². The van der Waals surface area contributed by atoms with Crippen molar-refractivity contribution >= 4 is 11.8 Å². The quantitative estimate of drug-likeness (QED) is 0.939. The summed E-state index contributed by atoms with van der Waals surface area (Å²) in [5, 5.41) is 10.7. The monoisotopic (exact) mass is 303 g/mol. The van der Waals surface area contributed by atoms with Crippen molar-refractivity contribution in [3.05, 3.63) is 29.2 Å². The summed E-state index contributed by atoms with van der Waals surface area (Å²) < 4.78 is 2.26. The Morgan fingerprint density at radius 3 is 3.00 bits per heavy atom. The average Bonchev–Trinajstić information content (AvgIpc) is 2.70. The van der Waals surface area contributed by atoms with Gasteiger partial charge in [-0.1, -0.05) is 12.5 Å². The van der Waals surface area contributed by atoms with E-state index in [0.29, 0.717) is 6.54 Å². The molecule has 1 aliphatic rings. The van der Waals surface area contributed by atoms with E-state index in [1.54, 1.807) is 11.8 Å². The summed E-state index contributed by atoms with van der Waals surface area (Å²) in [5.41, 5.74) is 7.97. The molecule has 2 N–H and O–H groups in total. The molecule has 21 heavy (non-hydrogen) atoms. The molecule has 3 heterocycles. The molecule has 0 aromatic carbocycles. The van der Waals surface area contributed by atoms with Gasteiger partial charge in [-0.2, -0.15) is 0 Å². The molecule has 112 valence electrons. The van der Waals surface area contributed by atoms with Crippen LogP contribution in [0.5, 0.6) is 0 Å². The van der Waals surface area contributed by atoms with E-state index in [9.17, 15) is 0 Å². The Hall–Kier alpha value is -1.40. The van der Waals surface area contributed by atoms with Crippen LogP contribution in [0.3, 0.4) is 0 Å². The Balaban J connectivity index is 1.82.